The molecule has 4 nitrogen and oxygen atoms in total. The number of methoxy groups -OCH3 is 1. The predicted octanol–water partition coefficient (Wildman–Crippen LogP) is 4.05. The zero-order valence-electron chi connectivity index (χ0n) is 12.0. The summed E-state index contributed by atoms with van der Waals surface area (Å²) < 4.78 is 5.16. The van der Waals surface area contributed by atoms with E-state index < -0.39 is 0 Å². The third kappa shape index (κ3) is 3.02. The van der Waals surface area contributed by atoms with Crippen molar-refractivity contribution in [1.29, 1.82) is 0 Å². The Morgan fingerprint density at radius 2 is 1.59 bits per heavy atom. The summed E-state index contributed by atoms with van der Waals surface area (Å²) in [7, 11) is 1.63. The molecule has 3 rings (SSSR count). The van der Waals surface area contributed by atoms with Crippen LogP contribution in [0.2, 0.25) is 5.02 Å². The fraction of sp³-hybridized carbons (Fsp3) is 0.0588. The maximum absolute atomic E-state index is 6.04. The van der Waals surface area contributed by atoms with Gasteiger partial charge in [-0.1, -0.05) is 23.7 Å². The lowest BCUT2D eigenvalue weighted by molar-refractivity contribution is 0.415. The van der Waals surface area contributed by atoms with Gasteiger partial charge in [-0.2, -0.15) is 0 Å². The second-order valence-corrected chi connectivity index (χ2v) is 5.17. The van der Waals surface area contributed by atoms with Crippen molar-refractivity contribution >= 4 is 17.5 Å². The van der Waals surface area contributed by atoms with Gasteiger partial charge in [0.25, 0.3) is 0 Å². The Hall–Kier alpha value is -2.59. The molecule has 110 valence electrons. The van der Waals surface area contributed by atoms with Crippen LogP contribution in [0.25, 0.3) is 22.5 Å². The highest BCUT2D eigenvalue weighted by atomic mass is 35.5. The molecule has 0 bridgehead atoms. The lowest BCUT2D eigenvalue weighted by atomic mass is 10.1. The summed E-state index contributed by atoms with van der Waals surface area (Å²) in [6, 6.07) is 17.0. The van der Waals surface area contributed by atoms with Crippen LogP contribution in [0.5, 0.6) is 5.75 Å². The number of anilines is 1. The Morgan fingerprint density at radius 3 is 2.23 bits per heavy atom. The SMILES string of the molecule is COc1ccc(-c2cc(-c3cccc(Cl)c3)nc(N)n2)cc1. The minimum absolute atomic E-state index is 0.225. The molecule has 0 fully saturated rings. The molecule has 1 aromatic heterocycles. The van der Waals surface area contributed by atoms with Crippen LogP contribution in [0.4, 0.5) is 5.95 Å². The molecule has 0 saturated carbocycles. The molecule has 0 spiro atoms. The monoisotopic (exact) mass is 311 g/mol. The molecule has 2 N–H and O–H groups in total. The molecule has 0 atom stereocenters. The molecule has 0 unspecified atom stereocenters. The quantitative estimate of drug-likeness (QED) is 0.792. The zero-order chi connectivity index (χ0) is 15.5. The molecule has 0 radical (unpaired) electrons. The van der Waals surface area contributed by atoms with E-state index in [1.807, 2.05) is 54.6 Å². The van der Waals surface area contributed by atoms with Crippen molar-refractivity contribution in [2.75, 3.05) is 12.8 Å². The summed E-state index contributed by atoms with van der Waals surface area (Å²) >= 11 is 6.04. The largest absolute Gasteiger partial charge is 0.497 e. The van der Waals surface area contributed by atoms with Gasteiger partial charge in [0.05, 0.1) is 18.5 Å². The highest BCUT2D eigenvalue weighted by Gasteiger charge is 2.07. The van der Waals surface area contributed by atoms with Crippen LogP contribution in [-0.2, 0) is 0 Å². The van der Waals surface area contributed by atoms with Gasteiger partial charge in [0.15, 0.2) is 0 Å². The number of nitrogens with two attached hydrogens (primary N) is 1. The van der Waals surface area contributed by atoms with Gasteiger partial charge in [0.1, 0.15) is 5.75 Å². The van der Waals surface area contributed by atoms with Crippen molar-refractivity contribution in [2.45, 2.75) is 0 Å². The highest BCUT2D eigenvalue weighted by molar-refractivity contribution is 6.30. The van der Waals surface area contributed by atoms with Gasteiger partial charge >= 0.3 is 0 Å². The molecule has 3 aromatic rings. The van der Waals surface area contributed by atoms with E-state index in [1.54, 1.807) is 7.11 Å². The van der Waals surface area contributed by atoms with Crippen LogP contribution in [0.3, 0.4) is 0 Å². The first-order valence-electron chi connectivity index (χ1n) is 6.70. The summed E-state index contributed by atoms with van der Waals surface area (Å²) in [5.74, 6) is 1.02. The average molecular weight is 312 g/mol. The van der Waals surface area contributed by atoms with Crippen molar-refractivity contribution in [1.82, 2.24) is 9.97 Å². The number of nitrogens with zero attached hydrogens (tertiary/aromatic N) is 2. The van der Waals surface area contributed by atoms with Crippen molar-refractivity contribution in [2.24, 2.45) is 0 Å². The third-order valence-corrected chi connectivity index (χ3v) is 3.48. The molecule has 1 heterocycles. The maximum atomic E-state index is 6.04. The number of rotatable bonds is 3. The van der Waals surface area contributed by atoms with Gasteiger partial charge in [-0.05, 0) is 42.5 Å². The summed E-state index contributed by atoms with van der Waals surface area (Å²) in [5.41, 5.74) is 9.18. The summed E-state index contributed by atoms with van der Waals surface area (Å²) in [6.45, 7) is 0. The molecule has 22 heavy (non-hydrogen) atoms. The minimum Gasteiger partial charge on any atom is -0.497 e. The van der Waals surface area contributed by atoms with Crippen LogP contribution in [0.1, 0.15) is 0 Å². The third-order valence-electron chi connectivity index (χ3n) is 3.25. The van der Waals surface area contributed by atoms with Gasteiger partial charge in [0.2, 0.25) is 5.95 Å². The van der Waals surface area contributed by atoms with Crippen LogP contribution in [-0.4, -0.2) is 17.1 Å². The van der Waals surface area contributed by atoms with E-state index in [1.165, 1.54) is 0 Å². The standard InChI is InChI=1S/C17H14ClN3O/c1-22-14-7-5-11(6-8-14)15-10-16(21-17(19)20-15)12-3-2-4-13(18)9-12/h2-10H,1H3,(H2,19,20,21). The van der Waals surface area contributed by atoms with Crippen molar-refractivity contribution in [3.63, 3.8) is 0 Å². The molecule has 0 aliphatic rings. The van der Waals surface area contributed by atoms with E-state index >= 15 is 0 Å². The van der Waals surface area contributed by atoms with Gasteiger partial charge in [-0.3, -0.25) is 0 Å². The van der Waals surface area contributed by atoms with Gasteiger partial charge < -0.3 is 10.5 Å². The zero-order valence-corrected chi connectivity index (χ0v) is 12.7. The van der Waals surface area contributed by atoms with Crippen LogP contribution >= 0.6 is 11.6 Å². The number of aromatic nitrogens is 2. The molecular formula is C17H14ClN3O. The highest BCUT2D eigenvalue weighted by Crippen LogP contribution is 2.27. The van der Waals surface area contributed by atoms with Crippen LogP contribution < -0.4 is 10.5 Å². The first-order valence-corrected chi connectivity index (χ1v) is 7.08. The summed E-state index contributed by atoms with van der Waals surface area (Å²) in [6.07, 6.45) is 0. The number of hydrogen-bond donors (Lipinski definition) is 1. The first kappa shape index (κ1) is 14.4. The normalized spacial score (nSPS) is 10.5. The second-order valence-electron chi connectivity index (χ2n) is 4.74. The molecular weight excluding hydrogens is 298 g/mol. The van der Waals surface area contributed by atoms with E-state index in [0.29, 0.717) is 5.02 Å². The Kier molecular flexibility index (Phi) is 3.94. The number of nitrogen functional groups attached to an aromatic ring is 1. The van der Waals surface area contributed by atoms with Crippen molar-refractivity contribution in [3.05, 3.63) is 59.6 Å². The predicted molar refractivity (Wildman–Crippen MR) is 88.9 cm³/mol. The Balaban J connectivity index is 2.06. The van der Waals surface area contributed by atoms with Crippen LogP contribution in [0, 0.1) is 0 Å². The van der Waals surface area contributed by atoms with Crippen LogP contribution in [0.15, 0.2) is 54.6 Å². The van der Waals surface area contributed by atoms with E-state index in [2.05, 4.69) is 9.97 Å². The van der Waals surface area contributed by atoms with Crippen molar-refractivity contribution < 1.29 is 4.74 Å². The molecule has 5 heteroatoms. The Bertz CT molecular complexity index is 803. The second kappa shape index (κ2) is 6.03. The number of hydrogen-bond acceptors (Lipinski definition) is 4. The lowest BCUT2D eigenvalue weighted by Crippen LogP contribution is -1.98. The Labute approximate surface area is 133 Å². The topological polar surface area (TPSA) is 61.0 Å². The van der Waals surface area contributed by atoms with Gasteiger partial charge in [0, 0.05) is 16.1 Å². The molecule has 0 aliphatic heterocycles. The van der Waals surface area contributed by atoms with Gasteiger partial charge in [-0.15, -0.1) is 0 Å². The lowest BCUT2D eigenvalue weighted by Gasteiger charge is -2.07. The minimum atomic E-state index is 0.225. The van der Waals surface area contributed by atoms with E-state index in [0.717, 1.165) is 28.3 Å². The first-order chi connectivity index (χ1) is 10.7. The van der Waals surface area contributed by atoms with Crippen molar-refractivity contribution in [3.8, 4) is 28.3 Å². The molecule has 0 saturated heterocycles. The molecule has 2 aromatic carbocycles. The number of benzene rings is 2. The smallest absolute Gasteiger partial charge is 0.221 e. The van der Waals surface area contributed by atoms with Gasteiger partial charge in [-0.25, -0.2) is 9.97 Å². The summed E-state index contributed by atoms with van der Waals surface area (Å²) in [4.78, 5) is 8.59. The number of ether oxygens (including phenoxy) is 1. The summed E-state index contributed by atoms with van der Waals surface area (Å²) in [5, 5.41) is 0.653. The molecule has 0 amide bonds. The molecule has 0 aliphatic carbocycles. The maximum Gasteiger partial charge on any atom is 0.221 e. The fourth-order valence-corrected chi connectivity index (χ4v) is 2.36. The fourth-order valence-electron chi connectivity index (χ4n) is 2.17. The average Bonchev–Trinajstić information content (AvgIpc) is 2.54. The Morgan fingerprint density at radius 1 is 0.909 bits per heavy atom. The van der Waals surface area contributed by atoms with E-state index in [4.69, 9.17) is 22.1 Å². The van der Waals surface area contributed by atoms with E-state index in [9.17, 15) is 0 Å². The van der Waals surface area contributed by atoms with E-state index in [-0.39, 0.29) is 5.95 Å². The number of halogens is 1.